The van der Waals surface area contributed by atoms with E-state index in [-0.39, 0.29) is 5.54 Å². The molecular formula is C18H20N2. The van der Waals surface area contributed by atoms with Crippen LogP contribution in [-0.2, 0) is 5.54 Å². The summed E-state index contributed by atoms with van der Waals surface area (Å²) in [7, 11) is 0. The number of hydrogen-bond acceptors (Lipinski definition) is 1. The molecule has 0 aliphatic carbocycles. The molecule has 0 saturated carbocycles. The lowest BCUT2D eigenvalue weighted by molar-refractivity contribution is 0.445. The Labute approximate surface area is 120 Å². The highest BCUT2D eigenvalue weighted by atomic mass is 15.1. The molecule has 3 aromatic rings. The van der Waals surface area contributed by atoms with Crippen LogP contribution in [-0.4, -0.2) is 9.55 Å². The predicted molar refractivity (Wildman–Crippen MR) is 84.1 cm³/mol. The molecule has 2 heteroatoms. The third-order valence-electron chi connectivity index (χ3n) is 4.32. The summed E-state index contributed by atoms with van der Waals surface area (Å²) in [5.41, 5.74) is 6.15. The molecule has 0 aliphatic heterocycles. The molecule has 2 nitrogen and oxygen atoms in total. The molecule has 0 fully saturated rings. The van der Waals surface area contributed by atoms with Crippen LogP contribution in [0.15, 0.2) is 48.8 Å². The number of hydrogen-bond donors (Lipinski definition) is 0. The molecule has 0 saturated heterocycles. The Morgan fingerprint density at radius 3 is 2.50 bits per heavy atom. The molecule has 2 aromatic carbocycles. The molecule has 0 radical (unpaired) electrons. The van der Waals surface area contributed by atoms with Crippen LogP contribution in [0.3, 0.4) is 0 Å². The molecule has 102 valence electrons. The van der Waals surface area contributed by atoms with Gasteiger partial charge in [-0.05, 0) is 56.5 Å². The van der Waals surface area contributed by atoms with Crippen molar-refractivity contribution in [1.29, 1.82) is 0 Å². The van der Waals surface area contributed by atoms with Gasteiger partial charge in [0.2, 0.25) is 0 Å². The summed E-state index contributed by atoms with van der Waals surface area (Å²) in [6, 6.07) is 14.8. The van der Waals surface area contributed by atoms with E-state index in [2.05, 4.69) is 73.6 Å². The zero-order chi connectivity index (χ0) is 14.3. The first-order chi connectivity index (χ1) is 9.51. The quantitative estimate of drug-likeness (QED) is 0.669. The van der Waals surface area contributed by atoms with Gasteiger partial charge in [-0.1, -0.05) is 30.3 Å². The van der Waals surface area contributed by atoms with Crippen molar-refractivity contribution in [3.05, 3.63) is 65.5 Å². The zero-order valence-electron chi connectivity index (χ0n) is 12.5. The first-order valence-corrected chi connectivity index (χ1v) is 7.01. The Morgan fingerprint density at radius 2 is 1.70 bits per heavy atom. The van der Waals surface area contributed by atoms with Gasteiger partial charge in [-0.25, -0.2) is 4.98 Å². The summed E-state index contributed by atoms with van der Waals surface area (Å²) < 4.78 is 2.27. The number of nitrogens with zero attached hydrogens (tertiary/aromatic N) is 2. The topological polar surface area (TPSA) is 17.8 Å². The van der Waals surface area contributed by atoms with Crippen molar-refractivity contribution in [2.75, 3.05) is 0 Å². The van der Waals surface area contributed by atoms with Crippen LogP contribution < -0.4 is 0 Å². The number of fused-ring (bicyclic) bond motifs is 1. The maximum atomic E-state index is 4.53. The fourth-order valence-electron chi connectivity index (χ4n) is 2.95. The second-order valence-corrected chi connectivity index (χ2v) is 5.91. The van der Waals surface area contributed by atoms with E-state index in [0.717, 1.165) is 5.52 Å². The van der Waals surface area contributed by atoms with Gasteiger partial charge in [-0.15, -0.1) is 0 Å². The fourth-order valence-corrected chi connectivity index (χ4v) is 2.95. The molecule has 0 spiro atoms. The number of para-hydroxylation sites is 2. The van der Waals surface area contributed by atoms with Crippen molar-refractivity contribution < 1.29 is 0 Å². The van der Waals surface area contributed by atoms with Crippen molar-refractivity contribution in [1.82, 2.24) is 9.55 Å². The van der Waals surface area contributed by atoms with E-state index in [0.29, 0.717) is 0 Å². The van der Waals surface area contributed by atoms with Gasteiger partial charge in [0, 0.05) is 0 Å². The van der Waals surface area contributed by atoms with Gasteiger partial charge in [-0.2, -0.15) is 0 Å². The lowest BCUT2D eigenvalue weighted by Gasteiger charge is -2.30. The Balaban J connectivity index is 2.23. The van der Waals surface area contributed by atoms with Gasteiger partial charge < -0.3 is 4.57 Å². The van der Waals surface area contributed by atoms with Gasteiger partial charge in [0.1, 0.15) is 0 Å². The number of aryl methyl sites for hydroxylation is 1. The van der Waals surface area contributed by atoms with Crippen LogP contribution in [0.4, 0.5) is 0 Å². The average molecular weight is 264 g/mol. The maximum absolute atomic E-state index is 4.53. The normalized spacial score (nSPS) is 12.0. The van der Waals surface area contributed by atoms with Crippen molar-refractivity contribution in [2.24, 2.45) is 0 Å². The average Bonchev–Trinajstić information content (AvgIpc) is 2.86. The summed E-state index contributed by atoms with van der Waals surface area (Å²) >= 11 is 0. The van der Waals surface area contributed by atoms with Gasteiger partial charge in [0.25, 0.3) is 0 Å². The minimum Gasteiger partial charge on any atom is -0.321 e. The van der Waals surface area contributed by atoms with E-state index in [1.165, 1.54) is 22.2 Å². The Bertz CT molecular complexity index is 766. The lowest BCUT2D eigenvalue weighted by atomic mass is 9.88. The van der Waals surface area contributed by atoms with Gasteiger partial charge >= 0.3 is 0 Å². The Hall–Kier alpha value is -2.09. The molecule has 1 aromatic heterocycles. The highest BCUT2D eigenvalue weighted by Gasteiger charge is 2.26. The summed E-state index contributed by atoms with van der Waals surface area (Å²) in [4.78, 5) is 4.53. The molecular weight excluding hydrogens is 244 g/mol. The van der Waals surface area contributed by atoms with Crippen molar-refractivity contribution in [3.8, 4) is 0 Å². The van der Waals surface area contributed by atoms with Gasteiger partial charge in [0.05, 0.1) is 22.9 Å². The SMILES string of the molecule is Cc1cccc(C(C)(C)n2cnc3ccccc32)c1C. The molecule has 0 amide bonds. The van der Waals surface area contributed by atoms with E-state index in [1.807, 2.05) is 12.4 Å². The monoisotopic (exact) mass is 264 g/mol. The second kappa shape index (κ2) is 4.48. The van der Waals surface area contributed by atoms with E-state index in [4.69, 9.17) is 0 Å². The van der Waals surface area contributed by atoms with E-state index in [9.17, 15) is 0 Å². The molecule has 0 N–H and O–H groups in total. The molecule has 0 atom stereocenters. The number of imidazole rings is 1. The lowest BCUT2D eigenvalue weighted by Crippen LogP contribution is -2.28. The number of benzene rings is 2. The van der Waals surface area contributed by atoms with E-state index >= 15 is 0 Å². The van der Waals surface area contributed by atoms with Crippen LogP contribution in [0, 0.1) is 13.8 Å². The highest BCUT2D eigenvalue weighted by Crippen LogP contribution is 2.32. The first-order valence-electron chi connectivity index (χ1n) is 7.01. The zero-order valence-corrected chi connectivity index (χ0v) is 12.5. The minimum atomic E-state index is -0.119. The van der Waals surface area contributed by atoms with Crippen LogP contribution in [0.1, 0.15) is 30.5 Å². The smallest absolute Gasteiger partial charge is 0.0966 e. The first kappa shape index (κ1) is 12.9. The summed E-state index contributed by atoms with van der Waals surface area (Å²) in [6.07, 6.45) is 1.95. The van der Waals surface area contributed by atoms with Gasteiger partial charge in [-0.3, -0.25) is 0 Å². The minimum absolute atomic E-state index is 0.119. The summed E-state index contributed by atoms with van der Waals surface area (Å²) in [6.45, 7) is 8.87. The highest BCUT2D eigenvalue weighted by molar-refractivity contribution is 5.75. The number of aromatic nitrogens is 2. The molecule has 0 unspecified atom stereocenters. The van der Waals surface area contributed by atoms with Gasteiger partial charge in [0.15, 0.2) is 0 Å². The summed E-state index contributed by atoms with van der Waals surface area (Å²) in [5, 5.41) is 0. The fraction of sp³-hybridized carbons (Fsp3) is 0.278. The van der Waals surface area contributed by atoms with Crippen LogP contribution in [0.5, 0.6) is 0 Å². The standard InChI is InChI=1S/C18H20N2/c1-13-8-7-9-15(14(13)2)18(3,4)20-12-19-16-10-5-6-11-17(16)20/h5-12H,1-4H3. The largest absolute Gasteiger partial charge is 0.321 e. The predicted octanol–water partition coefficient (Wildman–Crippen LogP) is 4.44. The third-order valence-corrected chi connectivity index (χ3v) is 4.32. The maximum Gasteiger partial charge on any atom is 0.0966 e. The van der Waals surface area contributed by atoms with Crippen molar-refractivity contribution in [2.45, 2.75) is 33.2 Å². The second-order valence-electron chi connectivity index (χ2n) is 5.91. The number of rotatable bonds is 2. The Morgan fingerprint density at radius 1 is 0.950 bits per heavy atom. The third kappa shape index (κ3) is 1.83. The molecule has 1 heterocycles. The van der Waals surface area contributed by atoms with E-state index in [1.54, 1.807) is 0 Å². The molecule has 20 heavy (non-hydrogen) atoms. The molecule has 0 aliphatic rings. The van der Waals surface area contributed by atoms with Crippen LogP contribution >= 0.6 is 0 Å². The summed E-state index contributed by atoms with van der Waals surface area (Å²) in [5.74, 6) is 0. The van der Waals surface area contributed by atoms with Crippen molar-refractivity contribution >= 4 is 11.0 Å². The van der Waals surface area contributed by atoms with Crippen LogP contribution in [0.25, 0.3) is 11.0 Å². The van der Waals surface area contributed by atoms with Crippen LogP contribution in [0.2, 0.25) is 0 Å². The van der Waals surface area contributed by atoms with Crippen molar-refractivity contribution in [3.63, 3.8) is 0 Å². The molecule has 3 rings (SSSR count). The molecule has 0 bridgehead atoms. The van der Waals surface area contributed by atoms with E-state index < -0.39 is 0 Å². The Kier molecular flexibility index (Phi) is 2.89.